The lowest BCUT2D eigenvalue weighted by Gasteiger charge is -1.82. The molecule has 0 unspecified atom stereocenters. The van der Waals surface area contributed by atoms with Crippen LogP contribution in [0.4, 0.5) is 0 Å². The predicted octanol–water partition coefficient (Wildman–Crippen LogP) is -0.559. The summed E-state index contributed by atoms with van der Waals surface area (Å²) in [7, 11) is 0. The summed E-state index contributed by atoms with van der Waals surface area (Å²) in [5, 5.41) is 0. The van der Waals surface area contributed by atoms with E-state index >= 15 is 0 Å². The van der Waals surface area contributed by atoms with Crippen molar-refractivity contribution in [3.8, 4) is 0 Å². The first kappa shape index (κ1) is 5.23. The highest BCUT2D eigenvalue weighted by molar-refractivity contribution is 7.94. The van der Waals surface area contributed by atoms with Crippen LogP contribution in [-0.2, 0) is 4.28 Å². The van der Waals surface area contributed by atoms with E-state index in [1.54, 1.807) is 0 Å². The molecule has 4 heteroatoms. The molecule has 0 aliphatic rings. The largest absolute Gasteiger partial charge is 0.320 e. The van der Waals surface area contributed by atoms with E-state index < -0.39 is 0 Å². The maximum absolute atomic E-state index is 4.90. The highest BCUT2D eigenvalue weighted by Gasteiger charge is 1.67. The minimum atomic E-state index is 0.413. The third-order valence-electron chi connectivity index (χ3n) is 0.136. The number of hydrogen-bond acceptors (Lipinski definition) is 4. The second kappa shape index (κ2) is 4.23. The summed E-state index contributed by atoms with van der Waals surface area (Å²) in [5.74, 6) is 4.94. The van der Waals surface area contributed by atoms with E-state index in [1.807, 2.05) is 0 Å². The number of nitrogens with two attached hydrogens (primary N) is 2. The summed E-state index contributed by atoms with van der Waals surface area (Å²) in [6, 6.07) is 0. The highest BCUT2D eigenvalue weighted by atomic mass is 32.2. The Labute approximate surface area is 34.8 Å². The molecule has 0 bridgehead atoms. The topological polar surface area (TPSA) is 61.3 Å². The summed E-state index contributed by atoms with van der Waals surface area (Å²) in [4.78, 5) is 0. The van der Waals surface area contributed by atoms with E-state index in [0.717, 1.165) is 12.0 Å². The Kier molecular flexibility index (Phi) is 4.42. The first-order chi connectivity index (χ1) is 2.41. The molecular weight excluding hydrogens is 88.1 g/mol. The molecule has 0 saturated heterocycles. The van der Waals surface area contributed by atoms with Crippen molar-refractivity contribution in [1.82, 2.24) is 0 Å². The Hall–Kier alpha value is 0.230. The Balaban J connectivity index is 2.19. The van der Waals surface area contributed by atoms with Crippen LogP contribution in [0.3, 0.4) is 0 Å². The fourth-order valence-electron chi connectivity index (χ4n) is 0.0393. The average molecular weight is 94.1 g/mol. The molecule has 0 radical (unpaired) electrons. The average Bonchev–Trinajstić information content (AvgIpc) is 1.41. The van der Waals surface area contributed by atoms with Gasteiger partial charge in [-0.25, -0.2) is 10.2 Å². The van der Waals surface area contributed by atoms with E-state index in [1.165, 1.54) is 0 Å². The minimum absolute atomic E-state index is 0.413. The van der Waals surface area contributed by atoms with Gasteiger partial charge in [0.2, 0.25) is 0 Å². The molecule has 0 amide bonds. The van der Waals surface area contributed by atoms with Crippen molar-refractivity contribution >= 4 is 12.0 Å². The predicted molar refractivity (Wildman–Crippen MR) is 21.9 cm³/mol. The van der Waals surface area contributed by atoms with E-state index in [2.05, 4.69) is 10.2 Å². The molecule has 0 aliphatic heterocycles. The van der Waals surface area contributed by atoms with Gasteiger partial charge in [-0.05, 0) is 0 Å². The van der Waals surface area contributed by atoms with Crippen LogP contribution in [0.25, 0.3) is 0 Å². The van der Waals surface area contributed by atoms with Gasteiger partial charge in [-0.3, -0.25) is 0 Å². The Bertz CT molecular complexity index is 17.1. The van der Waals surface area contributed by atoms with Gasteiger partial charge in [0, 0.05) is 12.0 Å². The van der Waals surface area contributed by atoms with Crippen molar-refractivity contribution in [2.24, 2.45) is 11.6 Å². The molecule has 0 atom stereocenters. The second-order valence-electron chi connectivity index (χ2n) is 0.381. The van der Waals surface area contributed by atoms with Crippen LogP contribution < -0.4 is 11.6 Å². The molecule has 0 heterocycles. The number of hydrogen-bond donors (Lipinski definition) is 2. The minimum Gasteiger partial charge on any atom is -0.320 e. The lowest BCUT2D eigenvalue weighted by Crippen LogP contribution is -1.96. The van der Waals surface area contributed by atoms with Gasteiger partial charge in [0.25, 0.3) is 0 Å². The van der Waals surface area contributed by atoms with Crippen molar-refractivity contribution in [1.29, 1.82) is 0 Å². The normalized spacial score (nSPS) is 8.40. The molecule has 0 aromatic heterocycles. The molecule has 0 saturated carbocycles. The SMILES string of the molecule is NCSON. The fraction of sp³-hybridized carbons (Fsp3) is 1.00. The zero-order chi connectivity index (χ0) is 4.12. The maximum Gasteiger partial charge on any atom is 0.0680 e. The van der Waals surface area contributed by atoms with Crippen LogP contribution in [0.2, 0.25) is 0 Å². The van der Waals surface area contributed by atoms with Gasteiger partial charge in [0.1, 0.15) is 0 Å². The van der Waals surface area contributed by atoms with Crippen molar-refractivity contribution < 1.29 is 4.28 Å². The van der Waals surface area contributed by atoms with Crippen molar-refractivity contribution in [2.45, 2.75) is 0 Å². The summed E-state index contributed by atoms with van der Waals surface area (Å²) in [5.41, 5.74) is 4.90. The highest BCUT2D eigenvalue weighted by Crippen LogP contribution is 1.86. The molecule has 5 heavy (non-hydrogen) atoms. The van der Waals surface area contributed by atoms with E-state index in [4.69, 9.17) is 5.73 Å². The van der Waals surface area contributed by atoms with Gasteiger partial charge in [-0.15, -0.1) is 0 Å². The van der Waals surface area contributed by atoms with E-state index in [-0.39, 0.29) is 0 Å². The molecule has 0 aromatic rings. The molecule has 4 N–H and O–H groups in total. The zero-order valence-corrected chi connectivity index (χ0v) is 3.49. The lowest BCUT2D eigenvalue weighted by atomic mass is 11.6. The van der Waals surface area contributed by atoms with Gasteiger partial charge < -0.3 is 5.73 Å². The first-order valence-electron chi connectivity index (χ1n) is 1.10. The summed E-state index contributed by atoms with van der Waals surface area (Å²) in [6.07, 6.45) is 0. The smallest absolute Gasteiger partial charge is 0.0680 e. The zero-order valence-electron chi connectivity index (χ0n) is 2.68. The van der Waals surface area contributed by atoms with Crippen molar-refractivity contribution in [2.75, 3.05) is 5.88 Å². The van der Waals surface area contributed by atoms with Crippen LogP contribution in [0.1, 0.15) is 0 Å². The summed E-state index contributed by atoms with van der Waals surface area (Å²) >= 11 is 1.02. The summed E-state index contributed by atoms with van der Waals surface area (Å²) in [6.45, 7) is 0. The quantitative estimate of drug-likeness (QED) is 0.273. The summed E-state index contributed by atoms with van der Waals surface area (Å²) < 4.78 is 3.98. The third kappa shape index (κ3) is 4.23. The van der Waals surface area contributed by atoms with Crippen LogP contribution in [-0.4, -0.2) is 5.88 Å². The van der Waals surface area contributed by atoms with Crippen LogP contribution in [0, 0.1) is 0 Å². The van der Waals surface area contributed by atoms with Crippen LogP contribution >= 0.6 is 12.0 Å². The van der Waals surface area contributed by atoms with E-state index in [9.17, 15) is 0 Å². The van der Waals surface area contributed by atoms with E-state index in [0.29, 0.717) is 5.88 Å². The van der Waals surface area contributed by atoms with Crippen LogP contribution in [0.15, 0.2) is 0 Å². The van der Waals surface area contributed by atoms with Gasteiger partial charge in [0.15, 0.2) is 0 Å². The molecule has 0 aliphatic carbocycles. The lowest BCUT2D eigenvalue weighted by molar-refractivity contribution is 0.398. The maximum atomic E-state index is 4.90. The third-order valence-corrected chi connectivity index (χ3v) is 0.408. The second-order valence-corrected chi connectivity index (χ2v) is 1.14. The van der Waals surface area contributed by atoms with Gasteiger partial charge in [-0.2, -0.15) is 0 Å². The fourth-order valence-corrected chi connectivity index (χ4v) is 0.118. The standard InChI is InChI=1S/CH6N2OS/c2-1-5-4-3/h1-3H2. The molecule has 32 valence electrons. The van der Waals surface area contributed by atoms with Crippen molar-refractivity contribution in [3.05, 3.63) is 0 Å². The van der Waals surface area contributed by atoms with Crippen molar-refractivity contribution in [3.63, 3.8) is 0 Å². The molecule has 0 spiro atoms. The number of rotatable bonds is 2. The first-order valence-corrected chi connectivity index (χ1v) is 2.01. The molecule has 0 fully saturated rings. The molecule has 3 nitrogen and oxygen atoms in total. The Morgan fingerprint density at radius 1 is 1.80 bits per heavy atom. The molecule has 0 rings (SSSR count). The molecular formula is CH6N2OS. The van der Waals surface area contributed by atoms with Crippen LogP contribution in [0.5, 0.6) is 0 Å². The van der Waals surface area contributed by atoms with Gasteiger partial charge in [0.05, 0.1) is 5.88 Å². The van der Waals surface area contributed by atoms with Gasteiger partial charge >= 0.3 is 0 Å². The Morgan fingerprint density at radius 3 is 2.40 bits per heavy atom. The Morgan fingerprint density at radius 2 is 2.40 bits per heavy atom. The van der Waals surface area contributed by atoms with Gasteiger partial charge in [-0.1, -0.05) is 0 Å². The molecule has 0 aromatic carbocycles. The monoisotopic (exact) mass is 94.0 g/mol.